The molecule has 4 saturated carbocycles. The number of nitrogens with two attached hydrogens (primary N) is 1. The number of hydrogen-bond donors (Lipinski definition) is 1. The van der Waals surface area contributed by atoms with Crippen molar-refractivity contribution in [2.75, 3.05) is 7.05 Å². The molecule has 4 aliphatic rings. The molecule has 0 atom stereocenters. The van der Waals surface area contributed by atoms with Crippen molar-refractivity contribution in [3.63, 3.8) is 0 Å². The second-order valence-corrected chi connectivity index (χ2v) is 6.60. The molecular formula is C13H22N2O. The van der Waals surface area contributed by atoms with Gasteiger partial charge in [0.2, 0.25) is 5.91 Å². The molecular weight excluding hydrogens is 200 g/mol. The van der Waals surface area contributed by atoms with Gasteiger partial charge in [-0.2, -0.15) is 0 Å². The fourth-order valence-corrected chi connectivity index (χ4v) is 4.95. The highest BCUT2D eigenvalue weighted by molar-refractivity contribution is 5.76. The number of rotatable bonds is 2. The van der Waals surface area contributed by atoms with Gasteiger partial charge >= 0.3 is 0 Å². The van der Waals surface area contributed by atoms with Crippen LogP contribution in [0.1, 0.15) is 44.9 Å². The van der Waals surface area contributed by atoms with Crippen LogP contribution in [0, 0.1) is 23.2 Å². The fraction of sp³-hybridized carbons (Fsp3) is 0.923. The van der Waals surface area contributed by atoms with Gasteiger partial charge in [-0.1, -0.05) is 0 Å². The van der Waals surface area contributed by atoms with E-state index in [9.17, 15) is 4.79 Å². The van der Waals surface area contributed by atoms with E-state index in [4.69, 9.17) is 5.84 Å². The average Bonchev–Trinajstić information content (AvgIpc) is 2.13. The Morgan fingerprint density at radius 1 is 1.19 bits per heavy atom. The Kier molecular flexibility index (Phi) is 2.29. The van der Waals surface area contributed by atoms with E-state index in [0.717, 1.165) is 17.8 Å². The molecule has 0 heterocycles. The van der Waals surface area contributed by atoms with Crippen LogP contribution in [0.5, 0.6) is 0 Å². The van der Waals surface area contributed by atoms with Gasteiger partial charge in [-0.25, -0.2) is 5.84 Å². The second-order valence-electron chi connectivity index (χ2n) is 6.60. The lowest BCUT2D eigenvalue weighted by Gasteiger charge is -2.56. The highest BCUT2D eigenvalue weighted by Crippen LogP contribution is 2.61. The number of hydrogen-bond acceptors (Lipinski definition) is 2. The number of amides is 1. The Morgan fingerprint density at radius 2 is 1.62 bits per heavy atom. The van der Waals surface area contributed by atoms with Crippen LogP contribution >= 0.6 is 0 Å². The van der Waals surface area contributed by atoms with Crippen molar-refractivity contribution >= 4 is 5.91 Å². The number of nitrogens with zero attached hydrogens (tertiary/aromatic N) is 1. The van der Waals surface area contributed by atoms with Gasteiger partial charge in [-0.3, -0.25) is 9.80 Å². The molecule has 4 bridgehead atoms. The first-order valence-electron chi connectivity index (χ1n) is 6.58. The lowest BCUT2D eigenvalue weighted by molar-refractivity contribution is -0.138. The summed E-state index contributed by atoms with van der Waals surface area (Å²) in [4.78, 5) is 11.8. The van der Waals surface area contributed by atoms with Gasteiger partial charge in [0.05, 0.1) is 0 Å². The second kappa shape index (κ2) is 3.46. The number of hydrazine groups is 1. The van der Waals surface area contributed by atoms with E-state index in [-0.39, 0.29) is 5.91 Å². The smallest absolute Gasteiger partial charge is 0.236 e. The topological polar surface area (TPSA) is 46.3 Å². The molecule has 0 aromatic heterocycles. The molecule has 0 unspecified atom stereocenters. The molecule has 0 saturated heterocycles. The summed E-state index contributed by atoms with van der Waals surface area (Å²) in [5.41, 5.74) is 0.333. The Hall–Kier alpha value is -0.570. The predicted molar refractivity (Wildman–Crippen MR) is 62.2 cm³/mol. The maximum Gasteiger partial charge on any atom is 0.236 e. The summed E-state index contributed by atoms with van der Waals surface area (Å²) in [6, 6.07) is 0. The molecule has 0 aliphatic heterocycles. The van der Waals surface area contributed by atoms with E-state index >= 15 is 0 Å². The van der Waals surface area contributed by atoms with Gasteiger partial charge in [0.15, 0.2) is 0 Å². The standard InChI is InChI=1S/C13H22N2O/c1-15(14)12(16)8-13-5-9-2-10(6-13)4-11(3-9)7-13/h9-11H,2-8,14H2,1H3. The Bertz CT molecular complexity index is 276. The van der Waals surface area contributed by atoms with Crippen LogP contribution in [-0.2, 0) is 4.79 Å². The van der Waals surface area contributed by atoms with Crippen molar-refractivity contribution in [3.8, 4) is 0 Å². The lowest BCUT2D eigenvalue weighted by Crippen LogP contribution is -2.48. The van der Waals surface area contributed by atoms with E-state index in [1.165, 1.54) is 43.5 Å². The maximum absolute atomic E-state index is 11.8. The molecule has 0 aromatic rings. The third-order valence-corrected chi connectivity index (χ3v) is 5.08. The van der Waals surface area contributed by atoms with Crippen molar-refractivity contribution in [3.05, 3.63) is 0 Å². The van der Waals surface area contributed by atoms with Crippen LogP contribution in [-0.4, -0.2) is 18.0 Å². The molecule has 3 nitrogen and oxygen atoms in total. The Labute approximate surface area is 97.3 Å². The quantitative estimate of drug-likeness (QED) is 0.441. The first kappa shape index (κ1) is 10.6. The van der Waals surface area contributed by atoms with Crippen LogP contribution in [0.3, 0.4) is 0 Å². The summed E-state index contributed by atoms with van der Waals surface area (Å²) >= 11 is 0. The van der Waals surface area contributed by atoms with Crippen LogP contribution in [0.4, 0.5) is 0 Å². The molecule has 3 heteroatoms. The largest absolute Gasteiger partial charge is 0.284 e. The summed E-state index contributed by atoms with van der Waals surface area (Å²) in [5.74, 6) is 8.43. The summed E-state index contributed by atoms with van der Waals surface area (Å²) in [6.07, 6.45) is 8.88. The van der Waals surface area contributed by atoms with Crippen molar-refractivity contribution < 1.29 is 4.79 Å². The van der Waals surface area contributed by atoms with Crippen LogP contribution in [0.2, 0.25) is 0 Å². The zero-order valence-corrected chi connectivity index (χ0v) is 10.1. The van der Waals surface area contributed by atoms with Crippen molar-refractivity contribution in [1.82, 2.24) is 5.01 Å². The summed E-state index contributed by atoms with van der Waals surface area (Å²) in [7, 11) is 1.67. The number of carbonyl (C=O) groups is 1. The van der Waals surface area contributed by atoms with E-state index in [2.05, 4.69) is 0 Å². The minimum atomic E-state index is 0.127. The minimum Gasteiger partial charge on any atom is -0.284 e. The van der Waals surface area contributed by atoms with Crippen LogP contribution in [0.25, 0.3) is 0 Å². The molecule has 4 aliphatic carbocycles. The summed E-state index contributed by atoms with van der Waals surface area (Å²) in [6.45, 7) is 0. The third-order valence-electron chi connectivity index (χ3n) is 5.08. The van der Waals surface area contributed by atoms with Gasteiger partial charge in [-0.05, 0) is 61.7 Å². The van der Waals surface area contributed by atoms with Crippen molar-refractivity contribution in [2.24, 2.45) is 29.0 Å². The summed E-state index contributed by atoms with van der Waals surface area (Å²) in [5, 5.41) is 1.28. The van der Waals surface area contributed by atoms with Crippen LogP contribution < -0.4 is 5.84 Å². The molecule has 4 rings (SSSR count). The average molecular weight is 222 g/mol. The van der Waals surface area contributed by atoms with Gasteiger partial charge in [0, 0.05) is 13.5 Å². The first-order chi connectivity index (χ1) is 7.56. The monoisotopic (exact) mass is 222 g/mol. The highest BCUT2D eigenvalue weighted by atomic mass is 16.2. The van der Waals surface area contributed by atoms with Gasteiger partial charge in [0.25, 0.3) is 0 Å². The normalized spacial score (nSPS) is 44.8. The zero-order valence-electron chi connectivity index (χ0n) is 10.1. The highest BCUT2D eigenvalue weighted by Gasteiger charge is 2.51. The van der Waals surface area contributed by atoms with Gasteiger partial charge in [0.1, 0.15) is 0 Å². The van der Waals surface area contributed by atoms with E-state index in [1.54, 1.807) is 7.05 Å². The van der Waals surface area contributed by atoms with E-state index in [1.807, 2.05) is 0 Å². The van der Waals surface area contributed by atoms with Crippen LogP contribution in [0.15, 0.2) is 0 Å². The molecule has 0 spiro atoms. The minimum absolute atomic E-state index is 0.127. The summed E-state index contributed by atoms with van der Waals surface area (Å²) < 4.78 is 0. The molecule has 0 aromatic carbocycles. The Balaban J connectivity index is 1.76. The van der Waals surface area contributed by atoms with Crippen molar-refractivity contribution in [2.45, 2.75) is 44.9 Å². The molecule has 4 fully saturated rings. The third kappa shape index (κ3) is 1.65. The first-order valence-corrected chi connectivity index (χ1v) is 6.58. The SMILES string of the molecule is CN(N)C(=O)CC12CC3CC(CC(C3)C1)C2. The zero-order chi connectivity index (χ0) is 11.3. The van der Waals surface area contributed by atoms with E-state index < -0.39 is 0 Å². The molecule has 2 N–H and O–H groups in total. The fourth-order valence-electron chi connectivity index (χ4n) is 4.95. The lowest BCUT2D eigenvalue weighted by atomic mass is 9.49. The molecule has 0 radical (unpaired) electrons. The molecule has 1 amide bonds. The van der Waals surface area contributed by atoms with Gasteiger partial charge in [-0.15, -0.1) is 0 Å². The van der Waals surface area contributed by atoms with E-state index in [0.29, 0.717) is 11.8 Å². The Morgan fingerprint density at radius 3 is 2.00 bits per heavy atom. The maximum atomic E-state index is 11.8. The predicted octanol–water partition coefficient (Wildman–Crippen LogP) is 1.92. The molecule has 90 valence electrons. The van der Waals surface area contributed by atoms with Crippen molar-refractivity contribution in [1.29, 1.82) is 0 Å². The van der Waals surface area contributed by atoms with Gasteiger partial charge < -0.3 is 0 Å². The molecule has 16 heavy (non-hydrogen) atoms. The number of carbonyl (C=O) groups excluding carboxylic acids is 1.